The molecule has 1 aromatic heterocycles. The highest BCUT2D eigenvalue weighted by Gasteiger charge is 2.18. The second kappa shape index (κ2) is 7.61. The summed E-state index contributed by atoms with van der Waals surface area (Å²) in [4.78, 5) is 15.5. The molecule has 0 atom stereocenters. The minimum absolute atomic E-state index is 0.196. The van der Waals surface area contributed by atoms with Crippen LogP contribution >= 0.6 is 34.8 Å². The Bertz CT molecular complexity index is 1240. The van der Waals surface area contributed by atoms with Crippen LogP contribution in [0.2, 0.25) is 15.1 Å². The van der Waals surface area contributed by atoms with Gasteiger partial charge in [0.2, 0.25) is 0 Å². The van der Waals surface area contributed by atoms with E-state index >= 15 is 0 Å². The molecule has 0 spiro atoms. The lowest BCUT2D eigenvalue weighted by molar-refractivity contribution is 0.282. The van der Waals surface area contributed by atoms with Gasteiger partial charge in [-0.2, -0.15) is 0 Å². The third kappa shape index (κ3) is 3.11. The van der Waals surface area contributed by atoms with Crippen LogP contribution in [0.1, 0.15) is 5.56 Å². The second-order valence-corrected chi connectivity index (χ2v) is 7.50. The molecule has 0 unspecified atom stereocenters. The topological polar surface area (TPSA) is 53.1 Å². The number of aromatic amines is 1. The van der Waals surface area contributed by atoms with Gasteiger partial charge in [-0.3, -0.25) is 4.79 Å². The van der Waals surface area contributed by atoms with Crippen molar-refractivity contribution in [3.63, 3.8) is 0 Å². The molecule has 0 aliphatic heterocycles. The van der Waals surface area contributed by atoms with Crippen molar-refractivity contribution in [1.29, 1.82) is 0 Å². The Balaban J connectivity index is 2.11. The van der Waals surface area contributed by atoms with Gasteiger partial charge in [0, 0.05) is 27.7 Å². The third-order valence-electron chi connectivity index (χ3n) is 4.73. The van der Waals surface area contributed by atoms with E-state index in [1.807, 2.05) is 30.3 Å². The molecule has 3 nitrogen and oxygen atoms in total. The molecule has 2 N–H and O–H groups in total. The molecule has 0 aliphatic rings. The van der Waals surface area contributed by atoms with Crippen LogP contribution in [0.25, 0.3) is 33.0 Å². The first-order valence-electron chi connectivity index (χ1n) is 8.50. The van der Waals surface area contributed by atoms with Crippen molar-refractivity contribution in [2.45, 2.75) is 6.61 Å². The van der Waals surface area contributed by atoms with Crippen LogP contribution in [0.5, 0.6) is 0 Å². The van der Waals surface area contributed by atoms with Crippen LogP contribution in [-0.2, 0) is 6.61 Å². The number of aliphatic hydroxyl groups excluding tert-OH is 1. The molecule has 0 saturated heterocycles. The highest BCUT2D eigenvalue weighted by atomic mass is 35.5. The summed E-state index contributed by atoms with van der Waals surface area (Å²) in [5, 5.41) is 12.6. The van der Waals surface area contributed by atoms with Crippen molar-refractivity contribution in [3.8, 4) is 22.3 Å². The molecule has 6 heteroatoms. The first-order chi connectivity index (χ1) is 13.5. The zero-order valence-corrected chi connectivity index (χ0v) is 16.7. The molecule has 0 bridgehead atoms. The third-order valence-corrected chi connectivity index (χ3v) is 5.71. The number of hydrogen-bond acceptors (Lipinski definition) is 2. The fourth-order valence-corrected chi connectivity index (χ4v) is 4.28. The van der Waals surface area contributed by atoms with Crippen LogP contribution in [0.3, 0.4) is 0 Å². The highest BCUT2D eigenvalue weighted by Crippen LogP contribution is 2.39. The van der Waals surface area contributed by atoms with Gasteiger partial charge in [0.25, 0.3) is 5.56 Å². The molecule has 0 aliphatic carbocycles. The van der Waals surface area contributed by atoms with E-state index < -0.39 is 0 Å². The summed E-state index contributed by atoms with van der Waals surface area (Å²) in [6.45, 7) is -0.196. The first-order valence-corrected chi connectivity index (χ1v) is 9.63. The number of fused-ring (bicyclic) bond motifs is 1. The average Bonchev–Trinajstić information content (AvgIpc) is 2.68. The highest BCUT2D eigenvalue weighted by molar-refractivity contribution is 6.39. The Hall–Kier alpha value is -2.30. The SMILES string of the molecule is O=c1[nH]cc2c(-c3cccc(Cl)c3CO)cccc2c1-c1c(Cl)cccc1Cl. The number of halogens is 3. The fraction of sp³-hybridized carbons (Fsp3) is 0.0455. The number of nitrogens with one attached hydrogen (secondary N) is 1. The van der Waals surface area contributed by atoms with Crippen molar-refractivity contribution in [2.75, 3.05) is 0 Å². The monoisotopic (exact) mass is 429 g/mol. The normalized spacial score (nSPS) is 11.1. The van der Waals surface area contributed by atoms with E-state index in [-0.39, 0.29) is 12.2 Å². The van der Waals surface area contributed by atoms with E-state index in [1.165, 1.54) is 0 Å². The van der Waals surface area contributed by atoms with Gasteiger partial charge >= 0.3 is 0 Å². The van der Waals surface area contributed by atoms with Crippen molar-refractivity contribution in [2.24, 2.45) is 0 Å². The minimum Gasteiger partial charge on any atom is -0.392 e. The van der Waals surface area contributed by atoms with Crippen LogP contribution < -0.4 is 5.56 Å². The minimum atomic E-state index is -0.284. The summed E-state index contributed by atoms with van der Waals surface area (Å²) in [6, 6.07) is 16.2. The molecule has 0 fully saturated rings. The Labute approximate surface area is 176 Å². The van der Waals surface area contributed by atoms with Crippen molar-refractivity contribution in [1.82, 2.24) is 4.98 Å². The summed E-state index contributed by atoms with van der Waals surface area (Å²) in [6.07, 6.45) is 1.66. The molecular formula is C22H14Cl3NO2. The largest absolute Gasteiger partial charge is 0.392 e. The summed E-state index contributed by atoms with van der Waals surface area (Å²) >= 11 is 19.0. The number of rotatable bonds is 3. The number of aliphatic hydroxyl groups is 1. The lowest BCUT2D eigenvalue weighted by Crippen LogP contribution is -2.09. The summed E-state index contributed by atoms with van der Waals surface area (Å²) < 4.78 is 0. The molecule has 4 rings (SSSR count). The lowest BCUT2D eigenvalue weighted by Gasteiger charge is -2.15. The van der Waals surface area contributed by atoms with Crippen LogP contribution in [-0.4, -0.2) is 10.1 Å². The molecule has 0 amide bonds. The second-order valence-electron chi connectivity index (χ2n) is 6.28. The smallest absolute Gasteiger partial charge is 0.256 e. The predicted octanol–water partition coefficient (Wildman–Crippen LogP) is 6.31. The standard InChI is InChI=1S/C22H14Cl3NO2/c23-17-7-2-5-13(16(17)11-27)12-4-1-6-14-15(12)10-26-22(28)20(14)21-18(24)8-3-9-19(21)25/h1-10,27H,11H2,(H,26,28). The van der Waals surface area contributed by atoms with E-state index in [1.54, 1.807) is 30.5 Å². The first kappa shape index (κ1) is 19.0. The van der Waals surface area contributed by atoms with Gasteiger partial charge in [0.15, 0.2) is 0 Å². The molecule has 3 aromatic carbocycles. The predicted molar refractivity (Wildman–Crippen MR) is 116 cm³/mol. The zero-order chi connectivity index (χ0) is 19.8. The van der Waals surface area contributed by atoms with E-state index in [0.29, 0.717) is 37.1 Å². The lowest BCUT2D eigenvalue weighted by atomic mass is 9.92. The molecule has 28 heavy (non-hydrogen) atoms. The summed E-state index contributed by atoms with van der Waals surface area (Å²) in [7, 11) is 0. The summed E-state index contributed by atoms with van der Waals surface area (Å²) in [5.41, 5.74) is 2.87. The van der Waals surface area contributed by atoms with Gasteiger partial charge in [-0.25, -0.2) is 0 Å². The number of pyridine rings is 1. The van der Waals surface area contributed by atoms with Gasteiger partial charge in [-0.15, -0.1) is 0 Å². The number of hydrogen-bond donors (Lipinski definition) is 2. The van der Waals surface area contributed by atoms with Crippen molar-refractivity contribution in [3.05, 3.63) is 91.8 Å². The van der Waals surface area contributed by atoms with Crippen LogP contribution in [0, 0.1) is 0 Å². The number of aromatic nitrogens is 1. The van der Waals surface area contributed by atoms with Gasteiger partial charge in [0.1, 0.15) is 0 Å². The number of H-pyrrole nitrogens is 1. The maximum absolute atomic E-state index is 12.7. The Morgan fingerprint density at radius 1 is 0.750 bits per heavy atom. The van der Waals surface area contributed by atoms with Crippen molar-refractivity contribution < 1.29 is 5.11 Å². The van der Waals surface area contributed by atoms with Gasteiger partial charge in [-0.1, -0.05) is 71.2 Å². The maximum Gasteiger partial charge on any atom is 0.256 e. The fourth-order valence-electron chi connectivity index (χ4n) is 3.46. The van der Waals surface area contributed by atoms with Crippen LogP contribution in [0.4, 0.5) is 0 Å². The van der Waals surface area contributed by atoms with E-state index in [4.69, 9.17) is 34.8 Å². The molecule has 4 aromatic rings. The van der Waals surface area contributed by atoms with E-state index in [2.05, 4.69) is 4.98 Å². The average molecular weight is 431 g/mol. The molecule has 0 saturated carbocycles. The Morgan fingerprint density at radius 2 is 1.36 bits per heavy atom. The molecular weight excluding hydrogens is 417 g/mol. The van der Waals surface area contributed by atoms with E-state index in [9.17, 15) is 9.90 Å². The van der Waals surface area contributed by atoms with Crippen molar-refractivity contribution >= 4 is 45.6 Å². The Morgan fingerprint density at radius 3 is 2.07 bits per heavy atom. The summed E-state index contributed by atoms with van der Waals surface area (Å²) in [5.74, 6) is 0. The van der Waals surface area contributed by atoms with Crippen LogP contribution in [0.15, 0.2) is 65.6 Å². The molecule has 140 valence electrons. The Kier molecular flexibility index (Phi) is 5.17. The number of benzene rings is 3. The maximum atomic E-state index is 12.7. The molecule has 1 heterocycles. The molecule has 0 radical (unpaired) electrons. The quantitative estimate of drug-likeness (QED) is 0.400. The van der Waals surface area contributed by atoms with Gasteiger partial charge < -0.3 is 10.1 Å². The van der Waals surface area contributed by atoms with E-state index in [0.717, 1.165) is 16.5 Å². The van der Waals surface area contributed by atoms with Gasteiger partial charge in [0.05, 0.1) is 22.2 Å². The zero-order valence-electron chi connectivity index (χ0n) is 14.5. The van der Waals surface area contributed by atoms with Gasteiger partial charge in [-0.05, 0) is 34.7 Å².